The summed E-state index contributed by atoms with van der Waals surface area (Å²) in [5.41, 5.74) is 11.4. The van der Waals surface area contributed by atoms with Crippen LogP contribution in [-0.4, -0.2) is 53.0 Å². The van der Waals surface area contributed by atoms with E-state index in [4.69, 9.17) is 10.5 Å². The zero-order valence-corrected chi connectivity index (χ0v) is 23.0. The maximum atomic E-state index is 12.9. The molecule has 2 amide bonds. The van der Waals surface area contributed by atoms with E-state index >= 15 is 0 Å². The van der Waals surface area contributed by atoms with Crippen molar-refractivity contribution in [2.45, 2.75) is 20.3 Å². The van der Waals surface area contributed by atoms with Gasteiger partial charge in [-0.3, -0.25) is 14.4 Å². The molecule has 3 aromatic carbocycles. The molecular formula is C31H32N6O4. The molecule has 0 saturated carbocycles. The van der Waals surface area contributed by atoms with Gasteiger partial charge in [-0.2, -0.15) is 0 Å². The molecule has 0 radical (unpaired) electrons. The van der Waals surface area contributed by atoms with Gasteiger partial charge in [0.2, 0.25) is 0 Å². The summed E-state index contributed by atoms with van der Waals surface area (Å²) in [7, 11) is 0. The van der Waals surface area contributed by atoms with Crippen LogP contribution in [0, 0.1) is 6.92 Å². The van der Waals surface area contributed by atoms with Crippen molar-refractivity contribution in [1.29, 1.82) is 0 Å². The lowest BCUT2D eigenvalue weighted by Gasteiger charge is -2.27. The number of carbonyl (C=O) groups is 2. The van der Waals surface area contributed by atoms with E-state index in [1.807, 2.05) is 49.4 Å². The summed E-state index contributed by atoms with van der Waals surface area (Å²) in [6, 6.07) is 18.0. The third-order valence-electron chi connectivity index (χ3n) is 7.11. The van der Waals surface area contributed by atoms with Crippen LogP contribution < -0.4 is 21.9 Å². The smallest absolute Gasteiger partial charge is 0.291 e. The quantitative estimate of drug-likeness (QED) is 0.250. The van der Waals surface area contributed by atoms with Crippen LogP contribution in [0.1, 0.15) is 38.8 Å². The molecule has 41 heavy (non-hydrogen) atoms. The molecule has 0 spiro atoms. The number of nitrogens with two attached hydrogens (primary N) is 1. The highest BCUT2D eigenvalue weighted by molar-refractivity contribution is 6.05. The molecule has 1 saturated heterocycles. The number of carbonyl (C=O) groups excluding carboxylic acids is 2. The molecule has 1 aliphatic heterocycles. The number of aromatic amines is 1. The molecule has 210 valence electrons. The number of nitrogens with zero attached hydrogens (tertiary/aromatic N) is 2. The van der Waals surface area contributed by atoms with Gasteiger partial charge in [-0.05, 0) is 60.9 Å². The standard InChI is InChI=1S/C31H32N6O4/c1-3-20-7-9-21(10-8-20)29(38)36-26-6-4-5-23(19(26)2)27-18-33-30(39)28(35-27)34-22-11-12-24(25(32)17-22)31(40)37-13-15-41-16-14-37/h4-12,17-18H,3,13-16,32H2,1-2H3,(H,33,39)(H,34,35)(H,36,38). The number of nitrogen functional groups attached to an aromatic ring is 1. The molecule has 5 rings (SSSR count). The lowest BCUT2D eigenvalue weighted by molar-refractivity contribution is 0.0303. The number of aromatic nitrogens is 2. The Balaban J connectivity index is 1.35. The minimum Gasteiger partial charge on any atom is -0.398 e. The van der Waals surface area contributed by atoms with Crippen molar-refractivity contribution in [3.8, 4) is 11.3 Å². The summed E-state index contributed by atoms with van der Waals surface area (Å²) < 4.78 is 5.32. The van der Waals surface area contributed by atoms with Gasteiger partial charge in [-0.15, -0.1) is 0 Å². The van der Waals surface area contributed by atoms with Crippen molar-refractivity contribution in [2.75, 3.05) is 42.7 Å². The largest absolute Gasteiger partial charge is 0.398 e. The van der Waals surface area contributed by atoms with Gasteiger partial charge in [0.25, 0.3) is 17.4 Å². The van der Waals surface area contributed by atoms with Crippen molar-refractivity contribution in [1.82, 2.24) is 14.9 Å². The molecule has 1 aromatic heterocycles. The summed E-state index contributed by atoms with van der Waals surface area (Å²) >= 11 is 0. The van der Waals surface area contributed by atoms with E-state index in [-0.39, 0.29) is 17.6 Å². The second kappa shape index (κ2) is 12.1. The molecule has 1 aliphatic rings. The third kappa shape index (κ3) is 6.12. The number of rotatable bonds is 7. The van der Waals surface area contributed by atoms with E-state index in [2.05, 4.69) is 27.5 Å². The van der Waals surface area contributed by atoms with Crippen molar-refractivity contribution in [2.24, 2.45) is 0 Å². The summed E-state index contributed by atoms with van der Waals surface area (Å²) in [5, 5.41) is 5.99. The van der Waals surface area contributed by atoms with E-state index in [9.17, 15) is 14.4 Å². The second-order valence-corrected chi connectivity index (χ2v) is 9.78. The van der Waals surface area contributed by atoms with Crippen molar-refractivity contribution >= 4 is 34.7 Å². The summed E-state index contributed by atoms with van der Waals surface area (Å²) in [6.45, 7) is 5.98. The SMILES string of the molecule is CCc1ccc(C(=O)Nc2cccc(-c3c[nH]c(=O)c(Nc4ccc(C(=O)N5CCOCC5)c(N)c4)n3)c2C)cc1. The number of nitrogens with one attached hydrogen (secondary N) is 3. The predicted octanol–water partition coefficient (Wildman–Crippen LogP) is 4.36. The first-order valence-electron chi connectivity index (χ1n) is 13.5. The molecule has 0 atom stereocenters. The van der Waals surface area contributed by atoms with Crippen molar-refractivity contribution in [3.05, 3.63) is 99.5 Å². The van der Waals surface area contributed by atoms with Crippen LogP contribution in [0.5, 0.6) is 0 Å². The summed E-state index contributed by atoms with van der Waals surface area (Å²) in [5.74, 6) is -0.299. The minimum atomic E-state index is -0.418. The average Bonchev–Trinajstić information content (AvgIpc) is 2.99. The van der Waals surface area contributed by atoms with E-state index in [0.29, 0.717) is 60.2 Å². The molecule has 10 nitrogen and oxygen atoms in total. The lowest BCUT2D eigenvalue weighted by Crippen LogP contribution is -2.40. The Hall–Kier alpha value is -4.96. The second-order valence-electron chi connectivity index (χ2n) is 9.78. The van der Waals surface area contributed by atoms with Crippen LogP contribution in [0.2, 0.25) is 0 Å². The van der Waals surface area contributed by atoms with Crippen LogP contribution >= 0.6 is 0 Å². The average molecular weight is 553 g/mol. The Morgan fingerprint density at radius 2 is 1.83 bits per heavy atom. The number of benzene rings is 3. The van der Waals surface area contributed by atoms with Gasteiger partial charge in [0.15, 0.2) is 5.82 Å². The first kappa shape index (κ1) is 27.6. The zero-order valence-electron chi connectivity index (χ0n) is 23.0. The van der Waals surface area contributed by atoms with Gasteiger partial charge in [0, 0.05) is 47.5 Å². The highest BCUT2D eigenvalue weighted by Gasteiger charge is 2.21. The highest BCUT2D eigenvalue weighted by Crippen LogP contribution is 2.28. The first-order chi connectivity index (χ1) is 19.8. The Morgan fingerprint density at radius 3 is 2.54 bits per heavy atom. The molecule has 0 unspecified atom stereocenters. The van der Waals surface area contributed by atoms with Crippen molar-refractivity contribution in [3.63, 3.8) is 0 Å². The Morgan fingerprint density at radius 1 is 1.07 bits per heavy atom. The normalized spacial score (nSPS) is 13.1. The Labute approximate surface area is 237 Å². The molecule has 10 heteroatoms. The maximum Gasteiger partial charge on any atom is 0.291 e. The van der Waals surface area contributed by atoms with Gasteiger partial charge in [0.1, 0.15) is 0 Å². The molecule has 0 bridgehead atoms. The molecule has 5 N–H and O–H groups in total. The fraction of sp³-hybridized carbons (Fsp3) is 0.226. The number of ether oxygens (including phenoxy) is 1. The fourth-order valence-corrected chi connectivity index (χ4v) is 4.67. The zero-order chi connectivity index (χ0) is 28.9. The number of morpholine rings is 1. The number of H-pyrrole nitrogens is 1. The van der Waals surface area contributed by atoms with Crippen LogP contribution in [0.3, 0.4) is 0 Å². The summed E-state index contributed by atoms with van der Waals surface area (Å²) in [4.78, 5) is 47.4. The number of aryl methyl sites for hydroxylation is 1. The lowest BCUT2D eigenvalue weighted by atomic mass is 10.0. The topological polar surface area (TPSA) is 142 Å². The van der Waals surface area contributed by atoms with Crippen LogP contribution in [0.25, 0.3) is 11.3 Å². The number of amides is 2. The fourth-order valence-electron chi connectivity index (χ4n) is 4.67. The van der Waals surface area contributed by atoms with Gasteiger partial charge in [-0.25, -0.2) is 4.98 Å². The molecule has 0 aliphatic carbocycles. The minimum absolute atomic E-state index is 0.0685. The van der Waals surface area contributed by atoms with E-state index in [1.165, 1.54) is 6.20 Å². The maximum absolute atomic E-state index is 12.9. The number of hydrogen-bond donors (Lipinski definition) is 4. The van der Waals surface area contributed by atoms with E-state index in [0.717, 1.165) is 23.1 Å². The third-order valence-corrected chi connectivity index (χ3v) is 7.11. The van der Waals surface area contributed by atoms with Crippen LogP contribution in [-0.2, 0) is 11.2 Å². The molecule has 4 aromatic rings. The molecule has 2 heterocycles. The Bertz CT molecular complexity index is 1640. The summed E-state index contributed by atoms with van der Waals surface area (Å²) in [6.07, 6.45) is 2.43. The van der Waals surface area contributed by atoms with Gasteiger partial charge < -0.3 is 31.0 Å². The van der Waals surface area contributed by atoms with Crippen LogP contribution in [0.15, 0.2) is 71.7 Å². The molecular weight excluding hydrogens is 520 g/mol. The Kier molecular flexibility index (Phi) is 8.11. The number of hydrogen-bond acceptors (Lipinski definition) is 7. The van der Waals surface area contributed by atoms with E-state index in [1.54, 1.807) is 23.1 Å². The van der Waals surface area contributed by atoms with Gasteiger partial charge in [0.05, 0.1) is 24.5 Å². The molecule has 1 fully saturated rings. The number of anilines is 4. The van der Waals surface area contributed by atoms with Crippen molar-refractivity contribution < 1.29 is 14.3 Å². The van der Waals surface area contributed by atoms with Gasteiger partial charge >= 0.3 is 0 Å². The monoisotopic (exact) mass is 552 g/mol. The van der Waals surface area contributed by atoms with Crippen LogP contribution in [0.4, 0.5) is 22.9 Å². The van der Waals surface area contributed by atoms with Gasteiger partial charge in [-0.1, -0.05) is 31.2 Å². The first-order valence-corrected chi connectivity index (χ1v) is 13.5. The highest BCUT2D eigenvalue weighted by atomic mass is 16.5. The predicted molar refractivity (Wildman–Crippen MR) is 160 cm³/mol. The van der Waals surface area contributed by atoms with E-state index < -0.39 is 5.56 Å².